The highest BCUT2D eigenvalue weighted by atomic mass is 16.3. The molecule has 1 amide bonds. The maximum Gasteiger partial charge on any atom is 0.347 e. The largest absolute Gasteiger partial charge is 0.508 e. The van der Waals surface area contributed by atoms with Crippen molar-refractivity contribution < 1.29 is 9.90 Å². The molecule has 0 fully saturated rings. The van der Waals surface area contributed by atoms with Crippen LogP contribution in [0.3, 0.4) is 0 Å². The van der Waals surface area contributed by atoms with Gasteiger partial charge in [-0.05, 0) is 61.4 Å². The van der Waals surface area contributed by atoms with Gasteiger partial charge >= 0.3 is 6.03 Å². The molecule has 0 spiro atoms. The molecule has 0 aliphatic rings. The Morgan fingerprint density at radius 3 is 2.60 bits per heavy atom. The van der Waals surface area contributed by atoms with Crippen molar-refractivity contribution in [2.45, 2.75) is 13.8 Å². The van der Waals surface area contributed by atoms with E-state index < -0.39 is 6.03 Å². The van der Waals surface area contributed by atoms with E-state index in [0.29, 0.717) is 22.7 Å². The lowest BCUT2D eigenvalue weighted by atomic mass is 10.1. The van der Waals surface area contributed by atoms with Crippen LogP contribution in [-0.4, -0.2) is 30.9 Å². The second-order valence-electron chi connectivity index (χ2n) is 7.24. The van der Waals surface area contributed by atoms with Crippen molar-refractivity contribution in [3.8, 4) is 17.3 Å². The first-order chi connectivity index (χ1) is 14.5. The Bertz CT molecular complexity index is 1410. The van der Waals surface area contributed by atoms with Crippen LogP contribution in [0, 0.1) is 13.8 Å². The molecule has 2 aromatic heterocycles. The molecule has 7 heteroatoms. The predicted octanol–water partition coefficient (Wildman–Crippen LogP) is 4.98. The molecule has 0 saturated carbocycles. The molecule has 0 aliphatic heterocycles. The van der Waals surface area contributed by atoms with E-state index in [0.717, 1.165) is 22.0 Å². The molecule has 5 aromatic rings. The minimum atomic E-state index is -0.397. The van der Waals surface area contributed by atoms with Crippen molar-refractivity contribution in [2.24, 2.45) is 0 Å². The third-order valence-electron chi connectivity index (χ3n) is 5.30. The van der Waals surface area contributed by atoms with E-state index >= 15 is 0 Å². The molecule has 3 aromatic carbocycles. The molecule has 148 valence electrons. The number of imidazole rings is 1. The van der Waals surface area contributed by atoms with E-state index in [1.54, 1.807) is 12.1 Å². The predicted molar refractivity (Wildman–Crippen MR) is 117 cm³/mol. The van der Waals surface area contributed by atoms with Gasteiger partial charge in [-0.1, -0.05) is 24.3 Å². The van der Waals surface area contributed by atoms with E-state index in [1.807, 2.05) is 37.3 Å². The molecular formula is C23H19N5O2. The van der Waals surface area contributed by atoms with Gasteiger partial charge in [0.15, 0.2) is 5.82 Å². The van der Waals surface area contributed by atoms with Gasteiger partial charge in [-0.2, -0.15) is 9.78 Å². The second-order valence-corrected chi connectivity index (χ2v) is 7.24. The standard InChI is InChI=1S/C23H19N5O2/c1-13-7-12-18-20(14(13)2)26-22(25-18)21-17-5-3-4-6-19(17)28(27-21)23(30)24-15-8-10-16(29)11-9-15/h3-12,29H,1-2H3,(H,24,30)(H,25,26). The van der Waals surface area contributed by atoms with Crippen LogP contribution in [0.5, 0.6) is 5.75 Å². The smallest absolute Gasteiger partial charge is 0.347 e. The number of aromatic nitrogens is 4. The minimum absolute atomic E-state index is 0.134. The number of carbonyl (C=O) groups excluding carboxylic acids is 1. The molecule has 0 radical (unpaired) electrons. The van der Waals surface area contributed by atoms with Gasteiger partial charge < -0.3 is 15.4 Å². The number of amides is 1. The lowest BCUT2D eigenvalue weighted by Gasteiger charge is -2.05. The van der Waals surface area contributed by atoms with Gasteiger partial charge in [-0.25, -0.2) is 9.78 Å². The van der Waals surface area contributed by atoms with Crippen molar-refractivity contribution in [3.63, 3.8) is 0 Å². The van der Waals surface area contributed by atoms with Gasteiger partial charge in [0.25, 0.3) is 0 Å². The quantitative estimate of drug-likeness (QED) is 0.366. The number of carbonyl (C=O) groups is 1. The van der Waals surface area contributed by atoms with Crippen LogP contribution < -0.4 is 5.32 Å². The molecule has 0 bridgehead atoms. The van der Waals surface area contributed by atoms with Gasteiger partial charge in [0.2, 0.25) is 0 Å². The summed E-state index contributed by atoms with van der Waals surface area (Å²) in [6.45, 7) is 4.10. The molecule has 7 nitrogen and oxygen atoms in total. The number of phenols is 1. The summed E-state index contributed by atoms with van der Waals surface area (Å²) in [5, 5.41) is 17.6. The molecule has 0 atom stereocenters. The van der Waals surface area contributed by atoms with E-state index in [1.165, 1.54) is 22.4 Å². The number of rotatable bonds is 2. The Labute approximate surface area is 172 Å². The van der Waals surface area contributed by atoms with Crippen LogP contribution in [0.1, 0.15) is 11.1 Å². The number of fused-ring (bicyclic) bond motifs is 2. The first-order valence-electron chi connectivity index (χ1n) is 9.56. The number of hydrogen-bond acceptors (Lipinski definition) is 4. The van der Waals surface area contributed by atoms with Gasteiger partial charge in [0.1, 0.15) is 11.4 Å². The monoisotopic (exact) mass is 397 g/mol. The molecular weight excluding hydrogens is 378 g/mol. The maximum absolute atomic E-state index is 12.9. The fourth-order valence-electron chi connectivity index (χ4n) is 3.54. The minimum Gasteiger partial charge on any atom is -0.508 e. The van der Waals surface area contributed by atoms with Crippen molar-refractivity contribution in [1.82, 2.24) is 19.7 Å². The number of aryl methyl sites for hydroxylation is 2. The number of para-hydroxylation sites is 1. The summed E-state index contributed by atoms with van der Waals surface area (Å²) in [6, 6.07) is 17.5. The molecule has 0 aliphatic carbocycles. The number of nitrogens with one attached hydrogen (secondary N) is 2. The molecule has 0 unspecified atom stereocenters. The Balaban J connectivity index is 1.61. The van der Waals surface area contributed by atoms with Crippen LogP contribution in [0.4, 0.5) is 10.5 Å². The first kappa shape index (κ1) is 17.9. The van der Waals surface area contributed by atoms with Gasteiger partial charge in [0, 0.05) is 11.1 Å². The summed E-state index contributed by atoms with van der Waals surface area (Å²) in [7, 11) is 0. The topological polar surface area (TPSA) is 95.8 Å². The van der Waals surface area contributed by atoms with Crippen LogP contribution in [0.25, 0.3) is 33.5 Å². The summed E-state index contributed by atoms with van der Waals surface area (Å²) >= 11 is 0. The average molecular weight is 397 g/mol. The fraction of sp³-hybridized carbons (Fsp3) is 0.0870. The van der Waals surface area contributed by atoms with Crippen LogP contribution in [0.15, 0.2) is 60.7 Å². The van der Waals surface area contributed by atoms with E-state index in [-0.39, 0.29) is 5.75 Å². The number of hydrogen-bond donors (Lipinski definition) is 3. The lowest BCUT2D eigenvalue weighted by Crippen LogP contribution is -2.20. The molecule has 30 heavy (non-hydrogen) atoms. The Morgan fingerprint density at radius 1 is 1.03 bits per heavy atom. The number of nitrogens with zero attached hydrogens (tertiary/aromatic N) is 3. The van der Waals surface area contributed by atoms with Crippen molar-refractivity contribution >= 4 is 33.7 Å². The van der Waals surface area contributed by atoms with E-state index in [9.17, 15) is 9.90 Å². The molecule has 2 heterocycles. The molecule has 5 rings (SSSR count). The van der Waals surface area contributed by atoms with Gasteiger partial charge in [0.05, 0.1) is 16.6 Å². The summed E-state index contributed by atoms with van der Waals surface area (Å²) < 4.78 is 1.34. The maximum atomic E-state index is 12.9. The highest BCUT2D eigenvalue weighted by Crippen LogP contribution is 2.29. The summed E-state index contributed by atoms with van der Waals surface area (Å²) in [5.74, 6) is 0.751. The SMILES string of the molecule is Cc1ccc2[nH]c(-c3nn(C(=O)Nc4ccc(O)cc4)c4ccccc34)nc2c1C. The normalized spacial score (nSPS) is 11.3. The zero-order chi connectivity index (χ0) is 20.8. The average Bonchev–Trinajstić information content (AvgIpc) is 3.34. The zero-order valence-electron chi connectivity index (χ0n) is 16.5. The van der Waals surface area contributed by atoms with Crippen LogP contribution in [-0.2, 0) is 0 Å². The third kappa shape index (κ3) is 2.88. The van der Waals surface area contributed by atoms with Crippen molar-refractivity contribution in [2.75, 3.05) is 5.32 Å². The summed E-state index contributed by atoms with van der Waals surface area (Å²) in [6.07, 6.45) is 0. The number of aromatic hydroxyl groups is 1. The van der Waals surface area contributed by atoms with Crippen LogP contribution in [0.2, 0.25) is 0 Å². The third-order valence-corrected chi connectivity index (χ3v) is 5.30. The Kier molecular flexibility index (Phi) is 4.03. The molecule has 3 N–H and O–H groups in total. The second kappa shape index (κ2) is 6.73. The van der Waals surface area contributed by atoms with Crippen LogP contribution >= 0.6 is 0 Å². The van der Waals surface area contributed by atoms with E-state index in [2.05, 4.69) is 28.4 Å². The van der Waals surface area contributed by atoms with Gasteiger partial charge in [-0.3, -0.25) is 0 Å². The Hall–Kier alpha value is -4.13. The van der Waals surface area contributed by atoms with E-state index in [4.69, 9.17) is 4.98 Å². The Morgan fingerprint density at radius 2 is 1.80 bits per heavy atom. The first-order valence-corrected chi connectivity index (χ1v) is 9.56. The highest BCUT2D eigenvalue weighted by Gasteiger charge is 2.19. The number of benzene rings is 3. The van der Waals surface area contributed by atoms with Crippen molar-refractivity contribution in [1.29, 1.82) is 0 Å². The number of aromatic amines is 1. The molecule has 0 saturated heterocycles. The zero-order valence-corrected chi connectivity index (χ0v) is 16.5. The van der Waals surface area contributed by atoms with Crippen molar-refractivity contribution in [3.05, 3.63) is 71.8 Å². The fourth-order valence-corrected chi connectivity index (χ4v) is 3.54. The number of H-pyrrole nitrogens is 1. The number of phenolic OH excluding ortho intramolecular Hbond substituents is 1. The number of anilines is 1. The van der Waals surface area contributed by atoms with Gasteiger partial charge in [-0.15, -0.1) is 0 Å². The highest BCUT2D eigenvalue weighted by molar-refractivity contribution is 6.02. The summed E-state index contributed by atoms with van der Waals surface area (Å²) in [5.41, 5.74) is 5.97. The summed E-state index contributed by atoms with van der Waals surface area (Å²) in [4.78, 5) is 21.0. The lowest BCUT2D eigenvalue weighted by molar-refractivity contribution is 0.252.